The lowest BCUT2D eigenvalue weighted by Crippen LogP contribution is -2.45. The highest BCUT2D eigenvalue weighted by molar-refractivity contribution is 5.08. The summed E-state index contributed by atoms with van der Waals surface area (Å²) >= 11 is 0. The Bertz CT molecular complexity index is 300. The number of nitrogens with one attached hydrogen (secondary N) is 1. The van der Waals surface area contributed by atoms with Crippen molar-refractivity contribution in [3.63, 3.8) is 0 Å². The van der Waals surface area contributed by atoms with Gasteiger partial charge in [-0.3, -0.25) is 11.3 Å². The number of nitrogens with two attached hydrogens (primary N) is 1. The number of hydrogen-bond donors (Lipinski definition) is 2. The summed E-state index contributed by atoms with van der Waals surface area (Å²) in [5, 5.41) is 0. The van der Waals surface area contributed by atoms with Crippen LogP contribution in [0.2, 0.25) is 0 Å². The van der Waals surface area contributed by atoms with Crippen LogP contribution < -0.4 is 11.3 Å². The molecule has 0 bridgehead atoms. The normalized spacial score (nSPS) is 27.1. The molecule has 1 aliphatic rings. The minimum absolute atomic E-state index is 0.269. The number of rotatable bonds is 5. The van der Waals surface area contributed by atoms with Crippen molar-refractivity contribution in [2.24, 2.45) is 11.8 Å². The molecule has 1 aliphatic heterocycles. The standard InChI is InChI=1S/C12H20N2O2/c1-2-12-10(4-6-16-12)11(14-13)7-9-3-5-15-8-9/h3,5,8,10-12,14H,2,4,6-7,13H2,1H3. The van der Waals surface area contributed by atoms with Gasteiger partial charge in [-0.25, -0.2) is 0 Å². The Labute approximate surface area is 96.1 Å². The molecule has 0 amide bonds. The van der Waals surface area contributed by atoms with Gasteiger partial charge in [0, 0.05) is 18.6 Å². The van der Waals surface area contributed by atoms with Crippen LogP contribution in [0.25, 0.3) is 0 Å². The molecule has 90 valence electrons. The molecule has 1 saturated heterocycles. The zero-order chi connectivity index (χ0) is 11.4. The molecule has 0 aromatic carbocycles. The van der Waals surface area contributed by atoms with Gasteiger partial charge in [0.15, 0.2) is 0 Å². The Balaban J connectivity index is 1.98. The highest BCUT2D eigenvalue weighted by Gasteiger charge is 2.33. The predicted octanol–water partition coefficient (Wildman–Crippen LogP) is 1.47. The van der Waals surface area contributed by atoms with E-state index in [1.165, 1.54) is 5.56 Å². The molecule has 0 spiro atoms. The molecular weight excluding hydrogens is 204 g/mol. The summed E-state index contributed by atoms with van der Waals surface area (Å²) in [6.07, 6.45) is 6.86. The fourth-order valence-corrected chi connectivity index (χ4v) is 2.54. The average molecular weight is 224 g/mol. The summed E-state index contributed by atoms with van der Waals surface area (Å²) in [4.78, 5) is 0. The van der Waals surface area contributed by atoms with Gasteiger partial charge in [0.05, 0.1) is 18.6 Å². The quantitative estimate of drug-likeness (QED) is 0.587. The summed E-state index contributed by atoms with van der Waals surface area (Å²) in [6.45, 7) is 3.02. The molecule has 3 atom stereocenters. The first-order valence-corrected chi connectivity index (χ1v) is 5.94. The zero-order valence-corrected chi connectivity index (χ0v) is 9.69. The van der Waals surface area contributed by atoms with E-state index < -0.39 is 0 Å². The first kappa shape index (κ1) is 11.6. The maximum Gasteiger partial charge on any atom is 0.0935 e. The Kier molecular flexibility index (Phi) is 3.98. The third-order valence-corrected chi connectivity index (χ3v) is 3.43. The Morgan fingerprint density at radius 2 is 2.50 bits per heavy atom. The van der Waals surface area contributed by atoms with Gasteiger partial charge in [-0.05, 0) is 30.9 Å². The van der Waals surface area contributed by atoms with Crippen LogP contribution in [-0.2, 0) is 11.2 Å². The van der Waals surface area contributed by atoms with Gasteiger partial charge in [-0.1, -0.05) is 6.92 Å². The van der Waals surface area contributed by atoms with Gasteiger partial charge < -0.3 is 9.15 Å². The molecule has 3 N–H and O–H groups in total. The van der Waals surface area contributed by atoms with Crippen LogP contribution in [0.3, 0.4) is 0 Å². The number of furan rings is 1. The molecule has 0 saturated carbocycles. The fourth-order valence-electron chi connectivity index (χ4n) is 2.54. The smallest absolute Gasteiger partial charge is 0.0935 e. The number of hydrazine groups is 1. The second-order valence-electron chi connectivity index (χ2n) is 4.38. The lowest BCUT2D eigenvalue weighted by atomic mass is 9.88. The first-order chi connectivity index (χ1) is 7.85. The van der Waals surface area contributed by atoms with Crippen molar-refractivity contribution in [3.8, 4) is 0 Å². The monoisotopic (exact) mass is 224 g/mol. The minimum Gasteiger partial charge on any atom is -0.472 e. The minimum atomic E-state index is 0.269. The van der Waals surface area contributed by atoms with Gasteiger partial charge in [-0.15, -0.1) is 0 Å². The van der Waals surface area contributed by atoms with Crippen molar-refractivity contribution in [2.75, 3.05) is 6.61 Å². The van der Waals surface area contributed by atoms with E-state index >= 15 is 0 Å². The highest BCUT2D eigenvalue weighted by atomic mass is 16.5. The van der Waals surface area contributed by atoms with E-state index in [1.54, 1.807) is 12.5 Å². The van der Waals surface area contributed by atoms with E-state index in [2.05, 4.69) is 12.3 Å². The summed E-state index contributed by atoms with van der Waals surface area (Å²) in [6, 6.07) is 2.26. The van der Waals surface area contributed by atoms with E-state index in [0.717, 1.165) is 25.9 Å². The maximum absolute atomic E-state index is 5.70. The van der Waals surface area contributed by atoms with E-state index in [0.29, 0.717) is 12.0 Å². The molecule has 2 heterocycles. The second-order valence-corrected chi connectivity index (χ2v) is 4.38. The molecular formula is C12H20N2O2. The summed E-state index contributed by atoms with van der Waals surface area (Å²) < 4.78 is 10.8. The van der Waals surface area contributed by atoms with Crippen molar-refractivity contribution in [1.29, 1.82) is 0 Å². The van der Waals surface area contributed by atoms with E-state index in [1.807, 2.05) is 6.07 Å². The predicted molar refractivity (Wildman–Crippen MR) is 61.7 cm³/mol. The molecule has 1 aromatic rings. The Morgan fingerprint density at radius 1 is 1.62 bits per heavy atom. The van der Waals surface area contributed by atoms with Gasteiger partial charge in [0.1, 0.15) is 0 Å². The lowest BCUT2D eigenvalue weighted by molar-refractivity contribution is 0.0774. The van der Waals surface area contributed by atoms with Gasteiger partial charge in [-0.2, -0.15) is 0 Å². The molecule has 4 nitrogen and oxygen atoms in total. The highest BCUT2D eigenvalue weighted by Crippen LogP contribution is 2.27. The van der Waals surface area contributed by atoms with Crippen LogP contribution in [0.1, 0.15) is 25.3 Å². The molecule has 3 unspecified atom stereocenters. The first-order valence-electron chi connectivity index (χ1n) is 5.94. The maximum atomic E-state index is 5.70. The fraction of sp³-hybridized carbons (Fsp3) is 0.667. The largest absolute Gasteiger partial charge is 0.472 e. The van der Waals surface area contributed by atoms with Crippen molar-refractivity contribution in [3.05, 3.63) is 24.2 Å². The molecule has 0 aliphatic carbocycles. The Morgan fingerprint density at radius 3 is 3.12 bits per heavy atom. The summed E-state index contributed by atoms with van der Waals surface area (Å²) in [5.74, 6) is 6.15. The van der Waals surface area contributed by atoms with Crippen molar-refractivity contribution < 1.29 is 9.15 Å². The van der Waals surface area contributed by atoms with Gasteiger partial charge >= 0.3 is 0 Å². The summed E-state index contributed by atoms with van der Waals surface area (Å²) in [7, 11) is 0. The molecule has 2 rings (SSSR count). The molecule has 1 aromatic heterocycles. The lowest BCUT2D eigenvalue weighted by Gasteiger charge is -2.26. The molecule has 1 fully saturated rings. The third kappa shape index (κ3) is 2.45. The number of hydrogen-bond acceptors (Lipinski definition) is 4. The van der Waals surface area contributed by atoms with E-state index in [-0.39, 0.29) is 6.04 Å². The summed E-state index contributed by atoms with van der Waals surface area (Å²) in [5.41, 5.74) is 4.11. The Hall–Kier alpha value is -0.840. The average Bonchev–Trinajstić information content (AvgIpc) is 2.96. The second kappa shape index (κ2) is 5.48. The zero-order valence-electron chi connectivity index (χ0n) is 9.69. The van der Waals surface area contributed by atoms with Crippen molar-refractivity contribution >= 4 is 0 Å². The van der Waals surface area contributed by atoms with E-state index in [4.69, 9.17) is 15.0 Å². The molecule has 0 radical (unpaired) electrons. The van der Waals surface area contributed by atoms with Crippen molar-refractivity contribution in [2.45, 2.75) is 38.3 Å². The topological polar surface area (TPSA) is 60.4 Å². The number of ether oxygens (including phenoxy) is 1. The van der Waals surface area contributed by atoms with Crippen LogP contribution in [-0.4, -0.2) is 18.8 Å². The third-order valence-electron chi connectivity index (χ3n) is 3.43. The van der Waals surface area contributed by atoms with E-state index in [9.17, 15) is 0 Å². The van der Waals surface area contributed by atoms with Crippen LogP contribution >= 0.6 is 0 Å². The van der Waals surface area contributed by atoms with Crippen LogP contribution in [0.5, 0.6) is 0 Å². The molecule has 16 heavy (non-hydrogen) atoms. The SMILES string of the molecule is CCC1OCCC1C(Cc1ccoc1)NN. The van der Waals surface area contributed by atoms with Crippen LogP contribution in [0.4, 0.5) is 0 Å². The van der Waals surface area contributed by atoms with Crippen LogP contribution in [0.15, 0.2) is 23.0 Å². The van der Waals surface area contributed by atoms with Crippen molar-refractivity contribution in [1.82, 2.24) is 5.43 Å². The molecule has 4 heteroatoms. The van der Waals surface area contributed by atoms with Crippen LogP contribution in [0, 0.1) is 5.92 Å². The van der Waals surface area contributed by atoms with Gasteiger partial charge in [0.25, 0.3) is 0 Å². The van der Waals surface area contributed by atoms with Gasteiger partial charge in [0.2, 0.25) is 0 Å².